The molecule has 1 amide bonds. The van der Waals surface area contributed by atoms with Crippen LogP contribution in [-0.4, -0.2) is 42.3 Å². The van der Waals surface area contributed by atoms with Crippen molar-refractivity contribution in [2.24, 2.45) is 0 Å². The summed E-state index contributed by atoms with van der Waals surface area (Å²) in [5.74, 6) is 0.189. The van der Waals surface area contributed by atoms with E-state index in [2.05, 4.69) is 25.3 Å². The lowest BCUT2D eigenvalue weighted by Crippen LogP contribution is -2.34. The summed E-state index contributed by atoms with van der Waals surface area (Å²) in [5.41, 5.74) is 7.89. The van der Waals surface area contributed by atoms with Crippen molar-refractivity contribution in [1.29, 1.82) is 0 Å². The number of nitrogen functional groups attached to an aromatic ring is 1. The van der Waals surface area contributed by atoms with Gasteiger partial charge in [0, 0.05) is 37.3 Å². The Bertz CT molecular complexity index is 1760. The molecule has 0 fully saturated rings. The number of rotatable bonds is 5. The van der Waals surface area contributed by atoms with Crippen molar-refractivity contribution in [2.45, 2.75) is 18.8 Å². The maximum atomic E-state index is 14.4. The molecule has 190 valence electrons. The highest BCUT2D eigenvalue weighted by Crippen LogP contribution is 2.45. The van der Waals surface area contributed by atoms with Gasteiger partial charge >= 0.3 is 0 Å². The van der Waals surface area contributed by atoms with Crippen LogP contribution in [0.15, 0.2) is 55.1 Å². The van der Waals surface area contributed by atoms with Crippen LogP contribution in [0.4, 0.5) is 16.0 Å². The number of hydrogen-bond donors (Lipinski definition) is 2. The molecule has 0 spiro atoms. The summed E-state index contributed by atoms with van der Waals surface area (Å²) in [6.07, 6.45) is 6.71. The first kappa shape index (κ1) is 23.7. The molecule has 0 saturated carbocycles. The number of methoxy groups -OCH3 is 1. The second-order valence-corrected chi connectivity index (χ2v) is 9.35. The fourth-order valence-corrected chi connectivity index (χ4v) is 4.84. The number of nitrogens with two attached hydrogens (primary N) is 1. The van der Waals surface area contributed by atoms with E-state index in [9.17, 15) is 9.18 Å². The molecule has 12 heteroatoms. The number of carbonyl (C=O) groups is 1. The van der Waals surface area contributed by atoms with Gasteiger partial charge in [0.05, 0.1) is 24.1 Å². The van der Waals surface area contributed by atoms with Gasteiger partial charge in [0.15, 0.2) is 11.5 Å². The van der Waals surface area contributed by atoms with Gasteiger partial charge in [0.25, 0.3) is 0 Å². The molecule has 0 aliphatic carbocycles. The first-order valence-corrected chi connectivity index (χ1v) is 11.9. The molecule has 6 rings (SSSR count). The minimum Gasteiger partial charge on any atom is -0.495 e. The summed E-state index contributed by atoms with van der Waals surface area (Å²) < 4.78 is 21.5. The number of halogens is 2. The Kier molecular flexibility index (Phi) is 5.46. The van der Waals surface area contributed by atoms with E-state index in [4.69, 9.17) is 27.1 Å². The molecular formula is C26H20ClFN8O2. The minimum atomic E-state index is -1.28. The van der Waals surface area contributed by atoms with Gasteiger partial charge in [-0.2, -0.15) is 0 Å². The highest BCUT2D eigenvalue weighted by atomic mass is 35.5. The lowest BCUT2D eigenvalue weighted by Gasteiger charge is -2.23. The molecule has 1 aliphatic rings. The highest BCUT2D eigenvalue weighted by Gasteiger charge is 2.49. The zero-order valence-electron chi connectivity index (χ0n) is 20.2. The monoisotopic (exact) mass is 530 g/mol. The maximum Gasteiger partial charge on any atom is 0.242 e. The van der Waals surface area contributed by atoms with Crippen LogP contribution in [0.3, 0.4) is 0 Å². The molecule has 10 nitrogen and oxygen atoms in total. The van der Waals surface area contributed by atoms with E-state index in [1.165, 1.54) is 19.4 Å². The van der Waals surface area contributed by atoms with Gasteiger partial charge in [-0.3, -0.25) is 9.78 Å². The van der Waals surface area contributed by atoms with Gasteiger partial charge < -0.3 is 20.2 Å². The number of benzene rings is 1. The van der Waals surface area contributed by atoms with Crippen LogP contribution in [-0.2, 0) is 16.6 Å². The number of nitrogens with one attached hydrogen (secondary N) is 1. The lowest BCUT2D eigenvalue weighted by atomic mass is 9.80. The number of aromatic nitrogens is 6. The number of nitrogens with zero attached hydrogens (tertiary/aromatic N) is 6. The van der Waals surface area contributed by atoms with Crippen molar-refractivity contribution in [3.05, 3.63) is 88.5 Å². The third-order valence-electron chi connectivity index (χ3n) is 6.66. The maximum absolute atomic E-state index is 14.4. The zero-order chi connectivity index (χ0) is 26.6. The zero-order valence-corrected chi connectivity index (χ0v) is 21.0. The third kappa shape index (κ3) is 3.62. The molecule has 1 unspecified atom stereocenters. The van der Waals surface area contributed by atoms with Crippen LogP contribution in [0.5, 0.6) is 5.75 Å². The first-order chi connectivity index (χ1) is 18.3. The summed E-state index contributed by atoms with van der Waals surface area (Å²) in [6, 6.07) is 8.08. The van der Waals surface area contributed by atoms with Crippen molar-refractivity contribution < 1.29 is 13.9 Å². The number of fused-ring (bicyclic) bond motifs is 2. The van der Waals surface area contributed by atoms with Gasteiger partial charge in [-0.05, 0) is 18.6 Å². The molecule has 1 aliphatic heterocycles. The average molecular weight is 531 g/mol. The Morgan fingerprint density at radius 3 is 2.82 bits per heavy atom. The largest absolute Gasteiger partial charge is 0.495 e. The van der Waals surface area contributed by atoms with Gasteiger partial charge in [0.1, 0.15) is 39.3 Å². The Hall–Kier alpha value is -4.64. The van der Waals surface area contributed by atoms with Crippen LogP contribution in [0.2, 0.25) is 5.02 Å². The number of amides is 1. The van der Waals surface area contributed by atoms with E-state index in [0.29, 0.717) is 44.6 Å². The summed E-state index contributed by atoms with van der Waals surface area (Å²) in [7, 11) is 1.48. The lowest BCUT2D eigenvalue weighted by molar-refractivity contribution is -0.119. The SMILES string of the molecule is COc1cc(C2(C)C(=O)Nc3nc(-c4cn5ccnc5c(Cc5ccccc5F)n4)nc(N)c32)ncc1Cl. The van der Waals surface area contributed by atoms with Gasteiger partial charge in [-0.15, -0.1) is 0 Å². The number of hydrogen-bond acceptors (Lipinski definition) is 8. The van der Waals surface area contributed by atoms with Crippen LogP contribution in [0.1, 0.15) is 29.4 Å². The molecule has 0 saturated heterocycles. The number of pyridine rings is 1. The molecule has 3 N–H and O–H groups in total. The van der Waals surface area contributed by atoms with Gasteiger partial charge in [-0.1, -0.05) is 29.8 Å². The molecule has 0 bridgehead atoms. The standard InChI is InChI=1S/C26H20ClFN8O2/c1-26(19-10-18(38-2)14(27)11-31-19)20-21(29)33-22(34-23(20)35-25(26)37)17-12-36-8-7-30-24(36)16(32-17)9-13-5-3-4-6-15(13)28/h3-8,10-12H,9H2,1-2H3,(H3,29,33,34,35,37). The van der Waals surface area contributed by atoms with Crippen molar-refractivity contribution in [3.63, 3.8) is 0 Å². The topological polar surface area (TPSA) is 133 Å². The molecule has 1 aromatic carbocycles. The van der Waals surface area contributed by atoms with Crippen LogP contribution in [0, 0.1) is 5.82 Å². The Labute approximate surface area is 220 Å². The van der Waals surface area contributed by atoms with Crippen molar-refractivity contribution in [2.75, 3.05) is 18.2 Å². The highest BCUT2D eigenvalue weighted by molar-refractivity contribution is 6.31. The van der Waals surface area contributed by atoms with E-state index in [1.54, 1.807) is 54.2 Å². The number of ether oxygens (including phenoxy) is 1. The van der Waals surface area contributed by atoms with Crippen LogP contribution in [0.25, 0.3) is 17.2 Å². The van der Waals surface area contributed by atoms with E-state index in [1.807, 2.05) is 0 Å². The smallest absolute Gasteiger partial charge is 0.242 e. The predicted octanol–water partition coefficient (Wildman–Crippen LogP) is 3.81. The Balaban J connectivity index is 1.46. The minimum absolute atomic E-state index is 0.0877. The van der Waals surface area contributed by atoms with Crippen LogP contribution >= 0.6 is 11.6 Å². The van der Waals surface area contributed by atoms with Crippen molar-refractivity contribution in [3.8, 4) is 17.3 Å². The molecule has 1 atom stereocenters. The quantitative estimate of drug-likeness (QED) is 0.350. The van der Waals surface area contributed by atoms with E-state index < -0.39 is 5.41 Å². The van der Waals surface area contributed by atoms with E-state index >= 15 is 0 Å². The fourth-order valence-electron chi connectivity index (χ4n) is 4.66. The molecule has 4 aromatic heterocycles. The number of anilines is 2. The summed E-state index contributed by atoms with van der Waals surface area (Å²) in [6.45, 7) is 1.69. The summed E-state index contributed by atoms with van der Waals surface area (Å²) in [4.78, 5) is 35.8. The van der Waals surface area contributed by atoms with Gasteiger partial charge in [0.2, 0.25) is 5.91 Å². The Morgan fingerprint density at radius 1 is 1.21 bits per heavy atom. The van der Waals surface area contributed by atoms with Crippen molar-refractivity contribution >= 4 is 34.8 Å². The van der Waals surface area contributed by atoms with E-state index in [-0.39, 0.29) is 35.6 Å². The molecule has 5 aromatic rings. The first-order valence-electron chi connectivity index (χ1n) is 11.6. The summed E-state index contributed by atoms with van der Waals surface area (Å²) in [5, 5.41) is 3.11. The third-order valence-corrected chi connectivity index (χ3v) is 6.95. The number of imidazole rings is 1. The molecule has 0 radical (unpaired) electrons. The fraction of sp³-hybridized carbons (Fsp3) is 0.154. The van der Waals surface area contributed by atoms with Gasteiger partial charge in [-0.25, -0.2) is 24.3 Å². The van der Waals surface area contributed by atoms with Crippen molar-refractivity contribution in [1.82, 2.24) is 29.3 Å². The molecule has 5 heterocycles. The molecule has 38 heavy (non-hydrogen) atoms. The summed E-state index contributed by atoms with van der Waals surface area (Å²) >= 11 is 6.14. The molecular weight excluding hydrogens is 511 g/mol. The second-order valence-electron chi connectivity index (χ2n) is 8.94. The normalized spacial score (nSPS) is 16.5. The average Bonchev–Trinajstić information content (AvgIpc) is 3.48. The van der Waals surface area contributed by atoms with Crippen LogP contribution < -0.4 is 15.8 Å². The Morgan fingerprint density at radius 2 is 2.03 bits per heavy atom. The predicted molar refractivity (Wildman–Crippen MR) is 139 cm³/mol. The van der Waals surface area contributed by atoms with E-state index in [0.717, 1.165) is 0 Å². The second kappa shape index (κ2) is 8.73. The number of carbonyl (C=O) groups excluding carboxylic acids is 1.